The first-order valence-corrected chi connectivity index (χ1v) is 9.72. The number of nitrogens with zero attached hydrogens (tertiary/aromatic N) is 2. The summed E-state index contributed by atoms with van der Waals surface area (Å²) in [5.41, 5.74) is 3.01. The van der Waals surface area contributed by atoms with Gasteiger partial charge in [0.1, 0.15) is 0 Å². The van der Waals surface area contributed by atoms with Gasteiger partial charge in [-0.05, 0) is 51.8 Å². The second-order valence-corrected chi connectivity index (χ2v) is 7.62. The lowest BCUT2D eigenvalue weighted by Gasteiger charge is -2.32. The Balaban J connectivity index is 1.77. The van der Waals surface area contributed by atoms with Gasteiger partial charge in [0.15, 0.2) is 6.10 Å². The first kappa shape index (κ1) is 19.3. The van der Waals surface area contributed by atoms with Crippen molar-refractivity contribution in [2.45, 2.75) is 65.0 Å². The highest BCUT2D eigenvalue weighted by molar-refractivity contribution is 6.04. The normalized spacial score (nSPS) is 16.1. The number of esters is 1. The van der Waals surface area contributed by atoms with E-state index in [9.17, 15) is 9.59 Å². The molecule has 1 aromatic carbocycles. The number of amides is 1. The number of pyridine rings is 1. The Morgan fingerprint density at radius 3 is 2.56 bits per heavy atom. The minimum absolute atomic E-state index is 0.137. The maximum absolute atomic E-state index is 12.8. The Morgan fingerprint density at radius 1 is 1.15 bits per heavy atom. The van der Waals surface area contributed by atoms with Gasteiger partial charge in [-0.3, -0.25) is 9.78 Å². The first-order valence-electron chi connectivity index (χ1n) is 9.72. The second-order valence-electron chi connectivity index (χ2n) is 7.62. The van der Waals surface area contributed by atoms with E-state index in [1.54, 1.807) is 17.9 Å². The fourth-order valence-corrected chi connectivity index (χ4v) is 3.85. The highest BCUT2D eigenvalue weighted by Crippen LogP contribution is 2.24. The molecule has 0 unspecified atom stereocenters. The fraction of sp³-hybridized carbons (Fsp3) is 0.500. The van der Waals surface area contributed by atoms with Gasteiger partial charge in [-0.2, -0.15) is 0 Å². The number of hydrogen-bond acceptors (Lipinski definition) is 4. The van der Waals surface area contributed by atoms with E-state index in [4.69, 9.17) is 4.74 Å². The third kappa shape index (κ3) is 4.29. The molecule has 27 heavy (non-hydrogen) atoms. The molecule has 0 spiro atoms. The van der Waals surface area contributed by atoms with Crippen molar-refractivity contribution in [2.24, 2.45) is 0 Å². The number of likely N-dealkylation sites (N-methyl/N-ethyl adjacent to an activating group) is 1. The molecular formula is C22H28N2O3. The van der Waals surface area contributed by atoms with E-state index in [0.717, 1.165) is 47.8 Å². The van der Waals surface area contributed by atoms with Crippen LogP contribution >= 0.6 is 0 Å². The summed E-state index contributed by atoms with van der Waals surface area (Å²) in [5.74, 6) is -0.615. The van der Waals surface area contributed by atoms with E-state index < -0.39 is 12.1 Å². The van der Waals surface area contributed by atoms with Crippen LogP contribution < -0.4 is 0 Å². The molecule has 0 saturated heterocycles. The molecule has 2 aromatic rings. The SMILES string of the molecule is Cc1ccc2nc(C)cc(C(=O)O[C@H](C)C(=O)N(C)C3CCCCC3)c2c1. The minimum atomic E-state index is -0.808. The molecule has 144 valence electrons. The molecule has 0 radical (unpaired) electrons. The van der Waals surface area contributed by atoms with Crippen molar-refractivity contribution in [2.75, 3.05) is 7.05 Å². The van der Waals surface area contributed by atoms with E-state index in [0.29, 0.717) is 5.56 Å². The quantitative estimate of drug-likeness (QED) is 0.759. The molecule has 1 atom stereocenters. The maximum Gasteiger partial charge on any atom is 0.339 e. The molecule has 1 amide bonds. The zero-order valence-corrected chi connectivity index (χ0v) is 16.6. The topological polar surface area (TPSA) is 59.5 Å². The van der Waals surface area contributed by atoms with Crippen LogP contribution in [-0.2, 0) is 9.53 Å². The van der Waals surface area contributed by atoms with Crippen molar-refractivity contribution >= 4 is 22.8 Å². The van der Waals surface area contributed by atoms with Crippen LogP contribution in [0, 0.1) is 13.8 Å². The first-order chi connectivity index (χ1) is 12.9. The summed E-state index contributed by atoms with van der Waals surface area (Å²) in [4.78, 5) is 31.8. The summed E-state index contributed by atoms with van der Waals surface area (Å²) >= 11 is 0. The van der Waals surface area contributed by atoms with E-state index in [2.05, 4.69) is 4.98 Å². The van der Waals surface area contributed by atoms with Crippen molar-refractivity contribution < 1.29 is 14.3 Å². The van der Waals surface area contributed by atoms with Crippen LogP contribution in [0.3, 0.4) is 0 Å². The van der Waals surface area contributed by atoms with Crippen LogP contribution in [0.25, 0.3) is 10.9 Å². The van der Waals surface area contributed by atoms with Crippen molar-refractivity contribution in [1.29, 1.82) is 0 Å². The van der Waals surface area contributed by atoms with E-state index in [1.165, 1.54) is 6.42 Å². The zero-order valence-electron chi connectivity index (χ0n) is 16.6. The number of hydrogen-bond donors (Lipinski definition) is 0. The van der Waals surface area contributed by atoms with E-state index in [-0.39, 0.29) is 11.9 Å². The van der Waals surface area contributed by atoms with Gasteiger partial charge in [0, 0.05) is 24.2 Å². The predicted molar refractivity (Wildman–Crippen MR) is 106 cm³/mol. The Kier molecular flexibility index (Phi) is 5.78. The molecule has 1 aliphatic carbocycles. The minimum Gasteiger partial charge on any atom is -0.449 e. The maximum atomic E-state index is 12.8. The Labute approximate surface area is 160 Å². The molecule has 1 heterocycles. The average Bonchev–Trinajstić information content (AvgIpc) is 2.67. The largest absolute Gasteiger partial charge is 0.449 e. The molecule has 5 nitrogen and oxygen atoms in total. The number of benzene rings is 1. The van der Waals surface area contributed by atoms with Gasteiger partial charge in [0.2, 0.25) is 0 Å². The number of rotatable bonds is 4. The van der Waals surface area contributed by atoms with Crippen LogP contribution in [0.1, 0.15) is 60.6 Å². The molecule has 0 aliphatic heterocycles. The van der Waals surface area contributed by atoms with Crippen LogP contribution in [0.4, 0.5) is 0 Å². The monoisotopic (exact) mass is 368 g/mol. The number of aromatic nitrogens is 1. The van der Waals surface area contributed by atoms with Gasteiger partial charge >= 0.3 is 5.97 Å². The van der Waals surface area contributed by atoms with Crippen LogP contribution in [-0.4, -0.2) is 41.0 Å². The number of aryl methyl sites for hydroxylation is 2. The molecule has 1 saturated carbocycles. The predicted octanol–water partition coefficient (Wildman–Crippen LogP) is 4.19. The average molecular weight is 368 g/mol. The lowest BCUT2D eigenvalue weighted by Crippen LogP contribution is -2.44. The molecule has 1 aliphatic rings. The molecule has 1 fully saturated rings. The summed E-state index contributed by atoms with van der Waals surface area (Å²) in [6.07, 6.45) is 4.78. The van der Waals surface area contributed by atoms with E-state index >= 15 is 0 Å². The molecular weight excluding hydrogens is 340 g/mol. The molecule has 5 heteroatoms. The standard InChI is InChI=1S/C22H28N2O3/c1-14-10-11-20-18(12-14)19(13-15(2)23-20)22(26)27-16(3)21(25)24(4)17-8-6-5-7-9-17/h10-13,16-17H,5-9H2,1-4H3/t16-/m1/s1. The Hall–Kier alpha value is -2.43. The lowest BCUT2D eigenvalue weighted by atomic mass is 9.94. The summed E-state index contributed by atoms with van der Waals surface area (Å²) in [6, 6.07) is 7.78. The van der Waals surface area contributed by atoms with Crippen molar-refractivity contribution in [3.63, 3.8) is 0 Å². The highest BCUT2D eigenvalue weighted by atomic mass is 16.5. The number of carbonyl (C=O) groups excluding carboxylic acids is 2. The van der Waals surface area contributed by atoms with Gasteiger partial charge in [0.25, 0.3) is 5.91 Å². The molecule has 1 aromatic heterocycles. The van der Waals surface area contributed by atoms with Crippen molar-refractivity contribution in [1.82, 2.24) is 9.88 Å². The van der Waals surface area contributed by atoms with Crippen molar-refractivity contribution in [3.8, 4) is 0 Å². The fourth-order valence-electron chi connectivity index (χ4n) is 3.85. The third-order valence-corrected chi connectivity index (χ3v) is 5.41. The van der Waals surface area contributed by atoms with Gasteiger partial charge in [0.05, 0.1) is 11.1 Å². The zero-order chi connectivity index (χ0) is 19.6. The number of fused-ring (bicyclic) bond motifs is 1. The Bertz CT molecular complexity index is 856. The summed E-state index contributed by atoms with van der Waals surface area (Å²) in [7, 11) is 1.82. The number of ether oxygens (including phenoxy) is 1. The molecule has 0 N–H and O–H groups in total. The Morgan fingerprint density at radius 2 is 1.85 bits per heavy atom. The summed E-state index contributed by atoms with van der Waals surface area (Å²) in [5, 5.41) is 0.755. The molecule has 3 rings (SSSR count). The van der Waals surface area contributed by atoms with E-state index in [1.807, 2.05) is 39.1 Å². The molecule has 0 bridgehead atoms. The van der Waals surface area contributed by atoms with Crippen molar-refractivity contribution in [3.05, 3.63) is 41.1 Å². The lowest BCUT2D eigenvalue weighted by molar-refractivity contribution is -0.141. The second kappa shape index (κ2) is 8.07. The number of carbonyl (C=O) groups is 2. The third-order valence-electron chi connectivity index (χ3n) is 5.41. The van der Waals surface area contributed by atoms with Crippen LogP contribution in [0.5, 0.6) is 0 Å². The van der Waals surface area contributed by atoms with Crippen LogP contribution in [0.15, 0.2) is 24.3 Å². The van der Waals surface area contributed by atoms with Gasteiger partial charge in [-0.15, -0.1) is 0 Å². The summed E-state index contributed by atoms with van der Waals surface area (Å²) in [6.45, 7) is 5.47. The van der Waals surface area contributed by atoms with Crippen LogP contribution in [0.2, 0.25) is 0 Å². The van der Waals surface area contributed by atoms with Gasteiger partial charge in [-0.1, -0.05) is 30.9 Å². The smallest absolute Gasteiger partial charge is 0.339 e. The highest BCUT2D eigenvalue weighted by Gasteiger charge is 2.28. The summed E-state index contributed by atoms with van der Waals surface area (Å²) < 4.78 is 5.56. The van der Waals surface area contributed by atoms with Gasteiger partial charge < -0.3 is 9.64 Å². The van der Waals surface area contributed by atoms with Gasteiger partial charge in [-0.25, -0.2) is 4.79 Å².